The summed E-state index contributed by atoms with van der Waals surface area (Å²) in [7, 11) is -1.28. The van der Waals surface area contributed by atoms with Gasteiger partial charge in [-0.15, -0.1) is 0 Å². The Morgan fingerprint density at radius 2 is 1.94 bits per heavy atom. The minimum absolute atomic E-state index is 0.00355. The van der Waals surface area contributed by atoms with E-state index >= 15 is 0 Å². The zero-order valence-corrected chi connectivity index (χ0v) is 21.8. The number of esters is 1. The molecule has 1 atom stereocenters. The van der Waals surface area contributed by atoms with Crippen LogP contribution in [0.15, 0.2) is 44.3 Å². The van der Waals surface area contributed by atoms with Gasteiger partial charge in [0.25, 0.3) is 15.9 Å². The minimum atomic E-state index is -4.34. The molecule has 1 amide bonds. The van der Waals surface area contributed by atoms with Gasteiger partial charge in [0.05, 0.1) is 17.9 Å². The maximum Gasteiger partial charge on any atom is 0.354 e. The van der Waals surface area contributed by atoms with Gasteiger partial charge in [-0.05, 0) is 51.0 Å². The molecular weight excluding hydrogens is 488 g/mol. The summed E-state index contributed by atoms with van der Waals surface area (Å²) in [5.41, 5.74) is 0.702. The fourth-order valence-corrected chi connectivity index (χ4v) is 4.76. The van der Waals surface area contributed by atoms with Gasteiger partial charge >= 0.3 is 5.97 Å². The van der Waals surface area contributed by atoms with Crippen LogP contribution >= 0.6 is 0 Å². The third-order valence-electron chi connectivity index (χ3n) is 5.54. The van der Waals surface area contributed by atoms with E-state index in [0.29, 0.717) is 17.9 Å². The van der Waals surface area contributed by atoms with Crippen molar-refractivity contribution in [3.63, 3.8) is 0 Å². The van der Waals surface area contributed by atoms with E-state index in [1.165, 1.54) is 37.2 Å². The maximum atomic E-state index is 13.0. The molecule has 2 heterocycles. The minimum Gasteiger partial charge on any atom is -0.505 e. The quantitative estimate of drug-likeness (QED) is 0.356. The van der Waals surface area contributed by atoms with Gasteiger partial charge in [-0.2, -0.15) is 0 Å². The average molecular weight is 519 g/mol. The second-order valence-electron chi connectivity index (χ2n) is 8.35. The van der Waals surface area contributed by atoms with E-state index in [0.717, 1.165) is 5.56 Å². The number of hydrogen-bond acceptors (Lipinski definition) is 9. The molecule has 11 nitrogen and oxygen atoms in total. The molecule has 3 N–H and O–H groups in total. The molecule has 0 fully saturated rings. The number of rotatable bonds is 8. The Kier molecular flexibility index (Phi) is 7.77. The number of furan rings is 1. The van der Waals surface area contributed by atoms with E-state index in [9.17, 15) is 23.1 Å². The SMILES string of the molecule is CCOC(=O)C1=C(Nc2cccc(C(=O)N(C)C)c2O)C(=N[C@H](CC)c2cc(C)c(C)o2)NS1(=O)=O. The van der Waals surface area contributed by atoms with Gasteiger partial charge < -0.3 is 24.5 Å². The van der Waals surface area contributed by atoms with Crippen LogP contribution in [0.2, 0.25) is 0 Å². The number of carbonyl (C=O) groups is 2. The number of aryl methyl sites for hydroxylation is 2. The summed E-state index contributed by atoms with van der Waals surface area (Å²) in [6.45, 7) is 7.05. The van der Waals surface area contributed by atoms with Crippen molar-refractivity contribution in [3.05, 3.63) is 57.5 Å². The number of nitrogens with zero attached hydrogens (tertiary/aromatic N) is 2. The van der Waals surface area contributed by atoms with Gasteiger partial charge in [-0.3, -0.25) is 14.5 Å². The number of para-hydroxylation sites is 1. The van der Waals surface area contributed by atoms with Crippen molar-refractivity contribution in [3.8, 4) is 5.75 Å². The van der Waals surface area contributed by atoms with Gasteiger partial charge in [-0.25, -0.2) is 13.2 Å². The van der Waals surface area contributed by atoms with Crippen LogP contribution in [0, 0.1) is 13.8 Å². The summed E-state index contributed by atoms with van der Waals surface area (Å²) in [5.74, 6) is -0.874. The van der Waals surface area contributed by atoms with Crippen molar-refractivity contribution in [2.45, 2.75) is 40.2 Å². The van der Waals surface area contributed by atoms with Crippen LogP contribution in [0.25, 0.3) is 0 Å². The first kappa shape index (κ1) is 26.8. The van der Waals surface area contributed by atoms with Crippen LogP contribution in [0.1, 0.15) is 53.8 Å². The van der Waals surface area contributed by atoms with Gasteiger partial charge in [0.1, 0.15) is 23.3 Å². The van der Waals surface area contributed by atoms with E-state index in [1.54, 1.807) is 6.92 Å². The molecule has 1 aliphatic heterocycles. The molecule has 1 aliphatic rings. The molecule has 0 unspecified atom stereocenters. The summed E-state index contributed by atoms with van der Waals surface area (Å²) >= 11 is 0. The molecule has 194 valence electrons. The fraction of sp³-hybridized carbons (Fsp3) is 0.375. The second kappa shape index (κ2) is 10.4. The Bertz CT molecular complexity index is 1340. The molecule has 0 spiro atoms. The molecule has 12 heteroatoms. The van der Waals surface area contributed by atoms with E-state index in [1.807, 2.05) is 26.8 Å². The zero-order valence-electron chi connectivity index (χ0n) is 21.0. The highest BCUT2D eigenvalue weighted by Gasteiger charge is 2.41. The normalized spacial score (nSPS) is 16.6. The number of anilines is 1. The Hall–Kier alpha value is -3.80. The van der Waals surface area contributed by atoms with Crippen LogP contribution in [0.5, 0.6) is 5.75 Å². The Balaban J connectivity index is 2.17. The highest BCUT2D eigenvalue weighted by atomic mass is 32.2. The standard InChI is InChI=1S/C24H30N4O7S/c1-7-16(18-12-13(3)14(4)35-18)26-22-19(21(24(31)34-8-2)36(32,33)27-22)25-17-11-9-10-15(20(17)29)23(30)28(5)6/h9-12,16,25,29H,7-8H2,1-6H3,(H,26,27)/t16-/m1/s1. The average Bonchev–Trinajstić information content (AvgIpc) is 3.27. The summed E-state index contributed by atoms with van der Waals surface area (Å²) < 4.78 is 39.0. The molecule has 0 radical (unpaired) electrons. The number of aliphatic imine (C=N–C) groups is 1. The highest BCUT2D eigenvalue weighted by Crippen LogP contribution is 2.33. The number of phenols is 1. The Labute approximate surface area is 209 Å². The lowest BCUT2D eigenvalue weighted by atomic mass is 10.1. The predicted molar refractivity (Wildman–Crippen MR) is 134 cm³/mol. The Morgan fingerprint density at radius 1 is 1.25 bits per heavy atom. The van der Waals surface area contributed by atoms with Crippen molar-refractivity contribution >= 4 is 33.4 Å². The lowest BCUT2D eigenvalue weighted by molar-refractivity contribution is -0.137. The molecule has 2 aromatic rings. The lowest BCUT2D eigenvalue weighted by Gasteiger charge is -2.16. The highest BCUT2D eigenvalue weighted by molar-refractivity contribution is 7.95. The second-order valence-corrected chi connectivity index (χ2v) is 9.97. The van der Waals surface area contributed by atoms with Crippen LogP contribution < -0.4 is 10.0 Å². The zero-order chi connectivity index (χ0) is 26.8. The molecular formula is C24H30N4O7S. The molecule has 1 aromatic heterocycles. The largest absolute Gasteiger partial charge is 0.505 e. The number of ether oxygens (including phenoxy) is 1. The summed E-state index contributed by atoms with van der Waals surface area (Å²) in [6, 6.07) is 5.64. The van der Waals surface area contributed by atoms with E-state index in [2.05, 4.69) is 15.0 Å². The van der Waals surface area contributed by atoms with Gasteiger partial charge in [0.15, 0.2) is 16.5 Å². The lowest BCUT2D eigenvalue weighted by Crippen LogP contribution is -2.27. The smallest absolute Gasteiger partial charge is 0.354 e. The van der Waals surface area contributed by atoms with E-state index in [4.69, 9.17) is 9.15 Å². The van der Waals surface area contributed by atoms with Crippen molar-refractivity contribution in [1.29, 1.82) is 0 Å². The van der Waals surface area contributed by atoms with Gasteiger partial charge in [0.2, 0.25) is 0 Å². The molecule has 0 saturated carbocycles. The number of amides is 1. The fourth-order valence-electron chi connectivity index (χ4n) is 3.56. The van der Waals surface area contributed by atoms with E-state index < -0.39 is 38.6 Å². The predicted octanol–water partition coefficient (Wildman–Crippen LogP) is 2.97. The molecule has 0 bridgehead atoms. The number of hydrogen-bond donors (Lipinski definition) is 3. The van der Waals surface area contributed by atoms with Gasteiger partial charge in [0, 0.05) is 14.1 Å². The number of carbonyl (C=O) groups excluding carboxylic acids is 2. The number of amidine groups is 1. The van der Waals surface area contributed by atoms with Crippen molar-refractivity contribution in [2.75, 3.05) is 26.0 Å². The number of sulfonamides is 1. The van der Waals surface area contributed by atoms with Crippen molar-refractivity contribution < 1.29 is 32.3 Å². The molecule has 0 aliphatic carbocycles. The third-order valence-corrected chi connectivity index (χ3v) is 6.91. The first-order valence-corrected chi connectivity index (χ1v) is 12.8. The summed E-state index contributed by atoms with van der Waals surface area (Å²) in [5, 5.41) is 13.6. The molecule has 1 aromatic carbocycles. The first-order chi connectivity index (χ1) is 16.9. The number of nitrogens with one attached hydrogen (secondary N) is 2. The molecule has 0 saturated heterocycles. The number of phenolic OH excluding ortho intramolecular Hbond substituents is 1. The van der Waals surface area contributed by atoms with Crippen LogP contribution in [-0.2, 0) is 19.6 Å². The molecule has 36 heavy (non-hydrogen) atoms. The number of benzene rings is 1. The number of aromatic hydroxyl groups is 1. The molecule has 3 rings (SSSR count). The maximum absolute atomic E-state index is 13.0. The third kappa shape index (κ3) is 5.23. The summed E-state index contributed by atoms with van der Waals surface area (Å²) in [4.78, 5) is 30.3. The van der Waals surface area contributed by atoms with E-state index in [-0.39, 0.29) is 29.4 Å². The topological polar surface area (TPSA) is 151 Å². The Morgan fingerprint density at radius 3 is 2.50 bits per heavy atom. The van der Waals surface area contributed by atoms with Crippen LogP contribution in [-0.4, -0.2) is 56.8 Å². The first-order valence-electron chi connectivity index (χ1n) is 11.3. The van der Waals surface area contributed by atoms with Crippen LogP contribution in [0.4, 0.5) is 5.69 Å². The van der Waals surface area contributed by atoms with Crippen molar-refractivity contribution in [1.82, 2.24) is 9.62 Å². The summed E-state index contributed by atoms with van der Waals surface area (Å²) in [6.07, 6.45) is 0.470. The van der Waals surface area contributed by atoms with Crippen molar-refractivity contribution in [2.24, 2.45) is 4.99 Å². The van der Waals surface area contributed by atoms with Gasteiger partial charge in [-0.1, -0.05) is 13.0 Å². The monoisotopic (exact) mass is 518 g/mol. The van der Waals surface area contributed by atoms with Crippen LogP contribution in [0.3, 0.4) is 0 Å².